The molecule has 1 unspecified atom stereocenters. The quantitative estimate of drug-likeness (QED) is 0.773. The Kier molecular flexibility index (Phi) is 4.10. The molecule has 1 saturated heterocycles. The lowest BCUT2D eigenvalue weighted by Crippen LogP contribution is -2.43. The van der Waals surface area contributed by atoms with Gasteiger partial charge in [-0.2, -0.15) is 0 Å². The fraction of sp³-hybridized carbons (Fsp3) is 0.333. The van der Waals surface area contributed by atoms with E-state index in [0.717, 1.165) is 4.90 Å². The predicted molar refractivity (Wildman–Crippen MR) is 69.2 cm³/mol. The summed E-state index contributed by atoms with van der Waals surface area (Å²) in [6, 6.07) is 2.16. The summed E-state index contributed by atoms with van der Waals surface area (Å²) in [4.78, 5) is 23.9. The van der Waals surface area contributed by atoms with Crippen LogP contribution in [0.15, 0.2) is 18.2 Å². The highest BCUT2D eigenvalue weighted by Gasteiger charge is 2.39. The Labute approximate surface area is 118 Å². The first-order chi connectivity index (χ1) is 9.40. The third kappa shape index (κ3) is 2.83. The molecule has 1 fully saturated rings. The van der Waals surface area contributed by atoms with Gasteiger partial charge in [0, 0.05) is 13.0 Å². The van der Waals surface area contributed by atoms with Crippen molar-refractivity contribution in [3.8, 4) is 0 Å². The van der Waals surface area contributed by atoms with Crippen LogP contribution in [0.2, 0.25) is 5.02 Å². The number of aliphatic hydroxyl groups is 1. The van der Waals surface area contributed by atoms with Gasteiger partial charge in [-0.05, 0) is 12.1 Å². The number of aliphatic carboxylic acids is 1. The van der Waals surface area contributed by atoms with Gasteiger partial charge in [-0.15, -0.1) is 0 Å². The van der Waals surface area contributed by atoms with E-state index in [-0.39, 0.29) is 23.7 Å². The zero-order valence-electron chi connectivity index (χ0n) is 10.2. The number of β-amino-alcohol motifs (C(OH)–C–C–N with tert-alkyl or cyclic N) is 1. The number of carboxylic acids is 1. The molecule has 2 atom stereocenters. The molecule has 1 aliphatic heterocycles. The number of halogens is 2. The fourth-order valence-electron chi connectivity index (χ4n) is 2.06. The number of rotatable bonds is 2. The Hall–Kier alpha value is -1.86. The maximum atomic E-state index is 13.7. The summed E-state index contributed by atoms with van der Waals surface area (Å²) in [6.45, 7) is -0.120. The van der Waals surface area contributed by atoms with Crippen molar-refractivity contribution in [3.05, 3.63) is 29.0 Å². The molecular formula is C12H12ClFN2O4. The van der Waals surface area contributed by atoms with E-state index in [2.05, 4.69) is 5.32 Å². The van der Waals surface area contributed by atoms with Crippen molar-refractivity contribution in [2.24, 2.45) is 0 Å². The van der Waals surface area contributed by atoms with Crippen molar-refractivity contribution in [2.45, 2.75) is 18.6 Å². The molecule has 1 aliphatic rings. The molecule has 2 amide bonds. The van der Waals surface area contributed by atoms with Gasteiger partial charge in [0.15, 0.2) is 5.82 Å². The summed E-state index contributed by atoms with van der Waals surface area (Å²) in [5.74, 6) is -2.02. The Morgan fingerprint density at radius 2 is 2.15 bits per heavy atom. The van der Waals surface area contributed by atoms with Gasteiger partial charge in [0.05, 0.1) is 16.8 Å². The van der Waals surface area contributed by atoms with Gasteiger partial charge in [0.2, 0.25) is 0 Å². The molecule has 108 valence electrons. The van der Waals surface area contributed by atoms with E-state index < -0.39 is 30.0 Å². The number of benzene rings is 1. The molecule has 3 N–H and O–H groups in total. The van der Waals surface area contributed by atoms with Crippen LogP contribution < -0.4 is 5.32 Å². The summed E-state index contributed by atoms with van der Waals surface area (Å²) in [5.41, 5.74) is -0.145. The Bertz CT molecular complexity index is 554. The van der Waals surface area contributed by atoms with E-state index in [1.54, 1.807) is 0 Å². The normalized spacial score (nSPS) is 21.9. The highest BCUT2D eigenvalue weighted by molar-refractivity contribution is 6.31. The van der Waals surface area contributed by atoms with Gasteiger partial charge in [0.25, 0.3) is 0 Å². The third-order valence-electron chi connectivity index (χ3n) is 3.02. The summed E-state index contributed by atoms with van der Waals surface area (Å²) >= 11 is 5.59. The SMILES string of the molecule is O=C(O)[C@@H]1CC(O)CN1C(=O)Nc1cccc(Cl)c1F. The number of carbonyl (C=O) groups is 2. The topological polar surface area (TPSA) is 89.9 Å². The number of aliphatic hydroxyl groups excluding tert-OH is 1. The van der Waals surface area contributed by atoms with E-state index in [9.17, 15) is 19.1 Å². The molecule has 0 saturated carbocycles. The number of hydrogen-bond acceptors (Lipinski definition) is 3. The first kappa shape index (κ1) is 14.5. The molecule has 0 radical (unpaired) electrons. The van der Waals surface area contributed by atoms with E-state index in [1.807, 2.05) is 0 Å². The summed E-state index contributed by atoms with van der Waals surface area (Å²) in [7, 11) is 0. The third-order valence-corrected chi connectivity index (χ3v) is 3.31. The van der Waals surface area contributed by atoms with Crippen LogP contribution in [0, 0.1) is 5.82 Å². The smallest absolute Gasteiger partial charge is 0.326 e. The van der Waals surface area contributed by atoms with Gasteiger partial charge in [0.1, 0.15) is 6.04 Å². The van der Waals surface area contributed by atoms with Crippen LogP contribution in [0.1, 0.15) is 6.42 Å². The molecule has 6 nitrogen and oxygen atoms in total. The van der Waals surface area contributed by atoms with E-state index in [4.69, 9.17) is 16.7 Å². The van der Waals surface area contributed by atoms with Crippen LogP contribution in [0.3, 0.4) is 0 Å². The lowest BCUT2D eigenvalue weighted by molar-refractivity contribution is -0.141. The molecule has 0 aromatic heterocycles. The number of hydrogen-bond donors (Lipinski definition) is 3. The molecule has 0 aliphatic carbocycles. The van der Waals surface area contributed by atoms with Crippen LogP contribution in [-0.4, -0.2) is 45.8 Å². The maximum absolute atomic E-state index is 13.7. The molecule has 2 rings (SSSR count). The second-order valence-electron chi connectivity index (χ2n) is 4.43. The minimum absolute atomic E-state index is 0.0548. The number of nitrogens with one attached hydrogen (secondary N) is 1. The Morgan fingerprint density at radius 1 is 1.45 bits per heavy atom. The van der Waals surface area contributed by atoms with Crippen LogP contribution in [0.5, 0.6) is 0 Å². The number of urea groups is 1. The summed E-state index contributed by atoms with van der Waals surface area (Å²) < 4.78 is 13.7. The van der Waals surface area contributed by atoms with Gasteiger partial charge in [-0.1, -0.05) is 17.7 Å². The molecule has 1 heterocycles. The van der Waals surface area contributed by atoms with Crippen molar-refractivity contribution >= 4 is 29.3 Å². The maximum Gasteiger partial charge on any atom is 0.326 e. The molecule has 20 heavy (non-hydrogen) atoms. The van der Waals surface area contributed by atoms with E-state index in [1.165, 1.54) is 18.2 Å². The van der Waals surface area contributed by atoms with Crippen LogP contribution in [0.25, 0.3) is 0 Å². The van der Waals surface area contributed by atoms with Gasteiger partial charge < -0.3 is 20.4 Å². The molecule has 0 bridgehead atoms. The highest BCUT2D eigenvalue weighted by Crippen LogP contribution is 2.24. The van der Waals surface area contributed by atoms with Crippen molar-refractivity contribution in [1.29, 1.82) is 0 Å². The number of likely N-dealkylation sites (tertiary alicyclic amines) is 1. The lowest BCUT2D eigenvalue weighted by Gasteiger charge is -2.21. The van der Waals surface area contributed by atoms with Crippen LogP contribution in [0.4, 0.5) is 14.9 Å². The van der Waals surface area contributed by atoms with Gasteiger partial charge >= 0.3 is 12.0 Å². The summed E-state index contributed by atoms with van der Waals surface area (Å²) in [5, 5.41) is 20.5. The first-order valence-corrected chi connectivity index (χ1v) is 6.20. The molecule has 1 aromatic carbocycles. The average molecular weight is 303 g/mol. The fourth-order valence-corrected chi connectivity index (χ4v) is 2.23. The van der Waals surface area contributed by atoms with Crippen molar-refractivity contribution in [2.75, 3.05) is 11.9 Å². The van der Waals surface area contributed by atoms with Crippen LogP contribution in [-0.2, 0) is 4.79 Å². The van der Waals surface area contributed by atoms with Crippen molar-refractivity contribution < 1.29 is 24.2 Å². The zero-order valence-corrected chi connectivity index (χ0v) is 11.0. The zero-order chi connectivity index (χ0) is 14.9. The average Bonchev–Trinajstić information content (AvgIpc) is 2.77. The Balaban J connectivity index is 2.15. The molecular weight excluding hydrogens is 291 g/mol. The number of amides is 2. The second-order valence-corrected chi connectivity index (χ2v) is 4.83. The highest BCUT2D eigenvalue weighted by atomic mass is 35.5. The van der Waals surface area contributed by atoms with Crippen molar-refractivity contribution in [3.63, 3.8) is 0 Å². The Morgan fingerprint density at radius 3 is 2.80 bits per heavy atom. The van der Waals surface area contributed by atoms with Gasteiger partial charge in [-0.3, -0.25) is 0 Å². The predicted octanol–water partition coefficient (Wildman–Crippen LogP) is 1.53. The van der Waals surface area contributed by atoms with Crippen LogP contribution >= 0.6 is 11.6 Å². The number of anilines is 1. The summed E-state index contributed by atoms with van der Waals surface area (Å²) in [6.07, 6.45) is -0.966. The number of carbonyl (C=O) groups excluding carboxylic acids is 1. The molecule has 8 heteroatoms. The molecule has 0 spiro atoms. The van der Waals surface area contributed by atoms with Gasteiger partial charge in [-0.25, -0.2) is 14.0 Å². The first-order valence-electron chi connectivity index (χ1n) is 5.82. The second kappa shape index (κ2) is 5.64. The monoisotopic (exact) mass is 302 g/mol. The van der Waals surface area contributed by atoms with E-state index in [0.29, 0.717) is 0 Å². The minimum atomic E-state index is -1.22. The van der Waals surface area contributed by atoms with Crippen molar-refractivity contribution in [1.82, 2.24) is 4.90 Å². The minimum Gasteiger partial charge on any atom is -0.480 e. The number of carboxylic acid groups (broad SMARTS) is 1. The molecule has 1 aromatic rings. The number of nitrogens with zero attached hydrogens (tertiary/aromatic N) is 1. The lowest BCUT2D eigenvalue weighted by atomic mass is 10.2. The van der Waals surface area contributed by atoms with E-state index >= 15 is 0 Å². The standard InChI is InChI=1S/C12H12ClFN2O4/c13-7-2-1-3-8(10(7)14)15-12(20)16-5-6(17)4-9(16)11(18)19/h1-3,6,9,17H,4-5H2,(H,15,20)(H,18,19)/t6?,9-/m0/s1. The largest absolute Gasteiger partial charge is 0.480 e.